The van der Waals surface area contributed by atoms with Crippen molar-refractivity contribution in [2.24, 2.45) is 5.92 Å². The number of phenols is 1. The lowest BCUT2D eigenvalue weighted by Gasteiger charge is -2.21. The van der Waals surface area contributed by atoms with Crippen LogP contribution in [0.15, 0.2) is 18.2 Å². The summed E-state index contributed by atoms with van der Waals surface area (Å²) < 4.78 is 5.22. The van der Waals surface area contributed by atoms with Crippen LogP contribution in [0.4, 0.5) is 0 Å². The molecular formula is C17H29NO2. The number of methoxy groups -OCH3 is 1. The smallest absolute Gasteiger partial charge is 0.120 e. The predicted molar refractivity (Wildman–Crippen MR) is 84.4 cm³/mol. The Morgan fingerprint density at radius 1 is 1.30 bits per heavy atom. The molecule has 0 fully saturated rings. The summed E-state index contributed by atoms with van der Waals surface area (Å²) in [6.07, 6.45) is 5.02. The summed E-state index contributed by atoms with van der Waals surface area (Å²) in [5, 5.41) is 13.5. The zero-order valence-electron chi connectivity index (χ0n) is 13.3. The third-order valence-corrected chi connectivity index (χ3v) is 3.96. The van der Waals surface area contributed by atoms with Crippen molar-refractivity contribution in [2.75, 3.05) is 13.7 Å². The Bertz CT molecular complexity index is 393. The van der Waals surface area contributed by atoms with Crippen LogP contribution in [0.25, 0.3) is 0 Å². The maximum Gasteiger partial charge on any atom is 0.120 e. The maximum atomic E-state index is 9.97. The van der Waals surface area contributed by atoms with Gasteiger partial charge in [-0.25, -0.2) is 0 Å². The van der Waals surface area contributed by atoms with Crippen LogP contribution >= 0.6 is 0 Å². The molecule has 0 saturated heterocycles. The monoisotopic (exact) mass is 279 g/mol. The number of unbranched alkanes of at least 4 members (excludes halogenated alkanes) is 1. The van der Waals surface area contributed by atoms with Gasteiger partial charge in [0.2, 0.25) is 0 Å². The van der Waals surface area contributed by atoms with E-state index in [1.807, 2.05) is 6.07 Å². The lowest BCUT2D eigenvalue weighted by Crippen LogP contribution is -2.25. The quantitative estimate of drug-likeness (QED) is 0.709. The van der Waals surface area contributed by atoms with E-state index in [-0.39, 0.29) is 6.04 Å². The molecule has 0 aliphatic heterocycles. The van der Waals surface area contributed by atoms with Crippen molar-refractivity contribution in [3.8, 4) is 11.5 Å². The Morgan fingerprint density at radius 2 is 2.05 bits per heavy atom. The highest BCUT2D eigenvalue weighted by atomic mass is 16.5. The van der Waals surface area contributed by atoms with Crippen LogP contribution in [0.1, 0.15) is 58.1 Å². The van der Waals surface area contributed by atoms with Crippen LogP contribution in [0, 0.1) is 5.92 Å². The molecule has 0 spiro atoms. The van der Waals surface area contributed by atoms with E-state index in [2.05, 4.69) is 26.1 Å². The molecule has 1 rings (SSSR count). The summed E-state index contributed by atoms with van der Waals surface area (Å²) in [4.78, 5) is 0. The summed E-state index contributed by atoms with van der Waals surface area (Å²) in [5.41, 5.74) is 0.898. The van der Waals surface area contributed by atoms with Gasteiger partial charge in [0.05, 0.1) is 7.11 Å². The summed E-state index contributed by atoms with van der Waals surface area (Å²) in [6, 6.07) is 5.50. The Morgan fingerprint density at radius 3 is 2.65 bits per heavy atom. The second-order valence-corrected chi connectivity index (χ2v) is 5.47. The van der Waals surface area contributed by atoms with E-state index in [0.717, 1.165) is 17.9 Å². The topological polar surface area (TPSA) is 41.5 Å². The molecule has 2 atom stereocenters. The lowest BCUT2D eigenvalue weighted by atomic mass is 9.98. The molecule has 0 aromatic heterocycles. The summed E-state index contributed by atoms with van der Waals surface area (Å²) in [7, 11) is 1.64. The fourth-order valence-corrected chi connectivity index (χ4v) is 2.40. The molecule has 0 aliphatic carbocycles. The number of nitrogens with one attached hydrogen (secondary N) is 1. The zero-order valence-corrected chi connectivity index (χ0v) is 13.3. The minimum Gasteiger partial charge on any atom is -0.508 e. The molecule has 2 unspecified atom stereocenters. The highest BCUT2D eigenvalue weighted by Crippen LogP contribution is 2.28. The summed E-state index contributed by atoms with van der Waals surface area (Å²) >= 11 is 0. The van der Waals surface area contributed by atoms with Crippen molar-refractivity contribution < 1.29 is 9.84 Å². The first-order chi connectivity index (χ1) is 9.62. The number of benzene rings is 1. The van der Waals surface area contributed by atoms with Gasteiger partial charge in [0, 0.05) is 11.6 Å². The Hall–Kier alpha value is -1.22. The van der Waals surface area contributed by atoms with Gasteiger partial charge in [-0.3, -0.25) is 0 Å². The number of phenolic OH excluding ortho intramolecular Hbond substituents is 1. The van der Waals surface area contributed by atoms with Crippen molar-refractivity contribution >= 4 is 0 Å². The Labute approximate surface area is 123 Å². The lowest BCUT2D eigenvalue weighted by molar-refractivity contribution is 0.386. The van der Waals surface area contributed by atoms with Gasteiger partial charge in [-0.05, 0) is 44.0 Å². The molecule has 0 saturated carbocycles. The second-order valence-electron chi connectivity index (χ2n) is 5.47. The van der Waals surface area contributed by atoms with Crippen LogP contribution in [0.5, 0.6) is 11.5 Å². The third kappa shape index (κ3) is 5.04. The molecule has 0 amide bonds. The van der Waals surface area contributed by atoms with Crippen LogP contribution < -0.4 is 10.1 Å². The van der Waals surface area contributed by atoms with Gasteiger partial charge < -0.3 is 15.2 Å². The van der Waals surface area contributed by atoms with Crippen LogP contribution in [0.3, 0.4) is 0 Å². The Kier molecular flexibility index (Phi) is 7.45. The van der Waals surface area contributed by atoms with E-state index < -0.39 is 0 Å². The second kappa shape index (κ2) is 8.85. The van der Waals surface area contributed by atoms with E-state index in [1.54, 1.807) is 19.2 Å². The number of hydrogen-bond acceptors (Lipinski definition) is 3. The number of hydrogen-bond donors (Lipinski definition) is 2. The van der Waals surface area contributed by atoms with Gasteiger partial charge in [0.15, 0.2) is 0 Å². The van der Waals surface area contributed by atoms with Crippen LogP contribution in [-0.2, 0) is 0 Å². The van der Waals surface area contributed by atoms with Gasteiger partial charge >= 0.3 is 0 Å². The highest BCUT2D eigenvalue weighted by molar-refractivity contribution is 5.41. The number of rotatable bonds is 9. The molecule has 20 heavy (non-hydrogen) atoms. The largest absolute Gasteiger partial charge is 0.508 e. The van der Waals surface area contributed by atoms with Crippen molar-refractivity contribution in [1.82, 2.24) is 5.32 Å². The first-order valence-corrected chi connectivity index (χ1v) is 7.72. The van der Waals surface area contributed by atoms with Crippen LogP contribution in [-0.4, -0.2) is 18.8 Å². The SMILES string of the molecule is CCCCC(CC)CNC(C)c1cc(OC)ccc1O. The molecule has 0 bridgehead atoms. The van der Waals surface area contributed by atoms with Gasteiger partial charge in [0.1, 0.15) is 11.5 Å². The highest BCUT2D eigenvalue weighted by Gasteiger charge is 2.13. The molecule has 1 aromatic rings. The van der Waals surface area contributed by atoms with Gasteiger partial charge in [-0.15, -0.1) is 0 Å². The predicted octanol–water partition coefficient (Wildman–Crippen LogP) is 4.27. The van der Waals surface area contributed by atoms with E-state index >= 15 is 0 Å². The standard InChI is InChI=1S/C17H29NO2/c1-5-7-8-14(6-2)12-18-13(3)16-11-15(20-4)9-10-17(16)19/h9-11,13-14,18-19H,5-8,12H2,1-4H3. The number of aromatic hydroxyl groups is 1. The first-order valence-electron chi connectivity index (χ1n) is 7.72. The molecule has 0 heterocycles. The van der Waals surface area contributed by atoms with Crippen molar-refractivity contribution in [3.05, 3.63) is 23.8 Å². The summed E-state index contributed by atoms with van der Waals surface area (Å²) in [5.74, 6) is 1.82. The molecule has 3 nitrogen and oxygen atoms in total. The third-order valence-electron chi connectivity index (χ3n) is 3.96. The molecule has 1 aromatic carbocycles. The molecule has 0 radical (unpaired) electrons. The normalized spacial score (nSPS) is 14.0. The van der Waals surface area contributed by atoms with Crippen molar-refractivity contribution in [2.45, 2.75) is 52.5 Å². The average Bonchev–Trinajstić information content (AvgIpc) is 2.47. The fourth-order valence-electron chi connectivity index (χ4n) is 2.40. The summed E-state index contributed by atoms with van der Waals surface area (Å²) in [6.45, 7) is 7.56. The number of ether oxygens (including phenoxy) is 1. The molecule has 0 aliphatic rings. The molecule has 2 N–H and O–H groups in total. The van der Waals surface area contributed by atoms with Gasteiger partial charge in [-0.1, -0.05) is 33.1 Å². The van der Waals surface area contributed by atoms with Gasteiger partial charge in [-0.2, -0.15) is 0 Å². The molecule has 114 valence electrons. The van der Waals surface area contributed by atoms with E-state index in [0.29, 0.717) is 11.7 Å². The fraction of sp³-hybridized carbons (Fsp3) is 0.647. The van der Waals surface area contributed by atoms with E-state index in [1.165, 1.54) is 25.7 Å². The van der Waals surface area contributed by atoms with E-state index in [9.17, 15) is 5.11 Å². The molecule has 3 heteroatoms. The first kappa shape index (κ1) is 16.8. The minimum absolute atomic E-state index is 0.126. The van der Waals surface area contributed by atoms with E-state index in [4.69, 9.17) is 4.74 Å². The van der Waals surface area contributed by atoms with Crippen molar-refractivity contribution in [3.63, 3.8) is 0 Å². The van der Waals surface area contributed by atoms with Crippen LogP contribution in [0.2, 0.25) is 0 Å². The zero-order chi connectivity index (χ0) is 15.0. The Balaban J connectivity index is 2.59. The minimum atomic E-state index is 0.126. The average molecular weight is 279 g/mol. The molecular weight excluding hydrogens is 250 g/mol. The van der Waals surface area contributed by atoms with Crippen molar-refractivity contribution in [1.29, 1.82) is 0 Å². The van der Waals surface area contributed by atoms with Gasteiger partial charge in [0.25, 0.3) is 0 Å². The maximum absolute atomic E-state index is 9.97.